The van der Waals surface area contributed by atoms with Crippen molar-refractivity contribution in [2.24, 2.45) is 0 Å². The molecule has 0 aromatic heterocycles. The zero-order valence-electron chi connectivity index (χ0n) is 5.88. The molecule has 0 rings (SSSR count). The van der Waals surface area contributed by atoms with Crippen LogP contribution in [0.5, 0.6) is 0 Å². The van der Waals surface area contributed by atoms with E-state index < -0.39 is 17.6 Å². The first-order valence-electron chi connectivity index (χ1n) is 2.44. The van der Waals surface area contributed by atoms with Crippen LogP contribution in [-0.4, -0.2) is 19.3 Å². The van der Waals surface area contributed by atoms with Crippen LogP contribution in [0.3, 0.4) is 0 Å². The summed E-state index contributed by atoms with van der Waals surface area (Å²) in [6.45, 7) is 0. The summed E-state index contributed by atoms with van der Waals surface area (Å²) in [5.41, 5.74) is -0.786. The molecular formula is C4H7Cl2O4P. The van der Waals surface area contributed by atoms with Crippen LogP contribution in [0.15, 0.2) is 9.99 Å². The minimum Gasteiger partial charge on any atom is -0.499 e. The van der Waals surface area contributed by atoms with Gasteiger partial charge in [0.25, 0.3) is 0 Å². The Morgan fingerprint density at radius 3 is 1.82 bits per heavy atom. The lowest BCUT2D eigenvalue weighted by atomic mass is 11.1. The molecule has 1 N–H and O–H groups in total. The molecule has 0 aliphatic heterocycles. The van der Waals surface area contributed by atoms with Gasteiger partial charge in [-0.15, -0.1) is 0 Å². The van der Waals surface area contributed by atoms with E-state index in [0.29, 0.717) is 0 Å². The third-order valence-electron chi connectivity index (χ3n) is 0.909. The third kappa shape index (κ3) is 2.65. The molecule has 0 atom stereocenters. The number of rotatable bonds is 3. The molecule has 4 nitrogen and oxygen atoms in total. The Morgan fingerprint density at radius 1 is 1.36 bits per heavy atom. The third-order valence-corrected chi connectivity index (χ3v) is 3.23. The van der Waals surface area contributed by atoms with Crippen LogP contribution in [-0.2, 0) is 13.6 Å². The fraction of sp³-hybridized carbons (Fsp3) is 0.500. The highest BCUT2D eigenvalue weighted by atomic mass is 35.5. The molecule has 0 aliphatic carbocycles. The molecule has 0 saturated heterocycles. The van der Waals surface area contributed by atoms with E-state index in [1.807, 2.05) is 0 Å². The summed E-state index contributed by atoms with van der Waals surface area (Å²) in [4.78, 5) is 0. The molecular weight excluding hydrogens is 214 g/mol. The van der Waals surface area contributed by atoms with Crippen LogP contribution in [0.4, 0.5) is 0 Å². The molecule has 0 unspecified atom stereocenters. The number of aliphatic hydroxyl groups is 1. The lowest BCUT2D eigenvalue weighted by Crippen LogP contribution is -1.92. The zero-order chi connectivity index (χ0) is 9.07. The number of halogens is 2. The lowest BCUT2D eigenvalue weighted by molar-refractivity contribution is 0.261. The van der Waals surface area contributed by atoms with E-state index in [-0.39, 0.29) is 0 Å². The van der Waals surface area contributed by atoms with Gasteiger partial charge in [0.05, 0.1) is 0 Å². The molecule has 66 valence electrons. The quantitative estimate of drug-likeness (QED) is 0.587. The molecule has 0 spiro atoms. The topological polar surface area (TPSA) is 55.8 Å². The summed E-state index contributed by atoms with van der Waals surface area (Å²) in [6.07, 6.45) is 0. The highest BCUT2D eigenvalue weighted by Crippen LogP contribution is 2.55. The highest BCUT2D eigenvalue weighted by Gasteiger charge is 2.29. The largest absolute Gasteiger partial charge is 0.499 e. The van der Waals surface area contributed by atoms with Gasteiger partial charge in [-0.3, -0.25) is 4.57 Å². The van der Waals surface area contributed by atoms with Gasteiger partial charge in [0.2, 0.25) is 5.50 Å². The van der Waals surface area contributed by atoms with Crippen molar-refractivity contribution >= 4 is 30.8 Å². The Hall–Kier alpha value is 0.270. The summed E-state index contributed by atoms with van der Waals surface area (Å²) in [6, 6.07) is 0. The maximum absolute atomic E-state index is 11.2. The first kappa shape index (κ1) is 11.3. The van der Waals surface area contributed by atoms with Crippen LogP contribution in [0, 0.1) is 0 Å². The van der Waals surface area contributed by atoms with Crippen molar-refractivity contribution in [1.29, 1.82) is 0 Å². The van der Waals surface area contributed by atoms with E-state index in [0.717, 1.165) is 14.2 Å². The molecule has 11 heavy (non-hydrogen) atoms. The molecule has 0 heterocycles. The number of aliphatic hydroxyl groups excluding tert-OH is 1. The van der Waals surface area contributed by atoms with Gasteiger partial charge in [-0.05, 0) is 0 Å². The monoisotopic (exact) mass is 220 g/mol. The summed E-state index contributed by atoms with van der Waals surface area (Å²) >= 11 is 10.3. The molecule has 0 aromatic carbocycles. The van der Waals surface area contributed by atoms with Crippen LogP contribution in [0.25, 0.3) is 0 Å². The van der Waals surface area contributed by atoms with Gasteiger partial charge in [-0.1, -0.05) is 23.2 Å². The first-order valence-corrected chi connectivity index (χ1v) is 4.74. The number of hydrogen-bond acceptors (Lipinski definition) is 4. The van der Waals surface area contributed by atoms with Crippen molar-refractivity contribution in [1.82, 2.24) is 0 Å². The predicted octanol–water partition coefficient (Wildman–Crippen LogP) is 2.63. The molecule has 0 fully saturated rings. The van der Waals surface area contributed by atoms with Gasteiger partial charge in [0, 0.05) is 14.2 Å². The average molecular weight is 221 g/mol. The second-order valence-corrected chi connectivity index (χ2v) is 4.54. The maximum atomic E-state index is 11.2. The lowest BCUT2D eigenvalue weighted by Gasteiger charge is -2.11. The van der Waals surface area contributed by atoms with Gasteiger partial charge in [0.1, 0.15) is 0 Å². The van der Waals surface area contributed by atoms with Crippen molar-refractivity contribution in [2.45, 2.75) is 0 Å². The van der Waals surface area contributed by atoms with Crippen LogP contribution >= 0.6 is 30.8 Å². The zero-order valence-corrected chi connectivity index (χ0v) is 8.28. The van der Waals surface area contributed by atoms with E-state index in [2.05, 4.69) is 9.05 Å². The summed E-state index contributed by atoms with van der Waals surface area (Å²) < 4.78 is 19.4. The molecule has 0 aromatic rings. The summed E-state index contributed by atoms with van der Waals surface area (Å²) in [5, 5.41) is 8.95. The van der Waals surface area contributed by atoms with Gasteiger partial charge in [-0.25, -0.2) is 0 Å². The fourth-order valence-electron chi connectivity index (χ4n) is 0.351. The van der Waals surface area contributed by atoms with Crippen molar-refractivity contribution < 1.29 is 18.7 Å². The molecule has 0 bridgehead atoms. The Kier molecular flexibility index (Phi) is 4.44. The van der Waals surface area contributed by atoms with Crippen LogP contribution in [0.1, 0.15) is 0 Å². The van der Waals surface area contributed by atoms with E-state index in [1.54, 1.807) is 0 Å². The predicted molar refractivity (Wildman–Crippen MR) is 43.0 cm³/mol. The van der Waals surface area contributed by atoms with Crippen molar-refractivity contribution in [3.05, 3.63) is 9.99 Å². The Bertz CT molecular complexity index is 202. The second kappa shape index (κ2) is 4.33. The van der Waals surface area contributed by atoms with Crippen LogP contribution in [0.2, 0.25) is 0 Å². The standard InChI is InChI=1S/C4H7Cl2O4P/c1-9-11(8,10-2)4(7)3(5)6/h7H,1-2H3. The maximum Gasteiger partial charge on any atom is 0.397 e. The normalized spacial score (nSPS) is 11.3. The highest BCUT2D eigenvalue weighted by molar-refractivity contribution is 7.58. The molecule has 0 aliphatic rings. The second-order valence-electron chi connectivity index (χ2n) is 1.45. The van der Waals surface area contributed by atoms with E-state index in [4.69, 9.17) is 28.3 Å². The Labute approximate surface area is 74.2 Å². The smallest absolute Gasteiger partial charge is 0.397 e. The van der Waals surface area contributed by atoms with Crippen LogP contribution < -0.4 is 0 Å². The first-order chi connectivity index (χ1) is 4.98. The minimum atomic E-state index is -3.66. The van der Waals surface area contributed by atoms with Crippen molar-refractivity contribution in [2.75, 3.05) is 14.2 Å². The molecule has 0 saturated carbocycles. The Balaban J connectivity index is 4.81. The van der Waals surface area contributed by atoms with E-state index in [9.17, 15) is 4.57 Å². The minimum absolute atomic E-state index is 0.531. The fourth-order valence-corrected chi connectivity index (χ4v) is 1.67. The van der Waals surface area contributed by atoms with Gasteiger partial charge < -0.3 is 14.2 Å². The van der Waals surface area contributed by atoms with Gasteiger partial charge >= 0.3 is 7.60 Å². The average Bonchev–Trinajstić information content (AvgIpc) is 2.01. The van der Waals surface area contributed by atoms with Gasteiger partial charge in [0.15, 0.2) is 4.49 Å². The van der Waals surface area contributed by atoms with Gasteiger partial charge in [-0.2, -0.15) is 0 Å². The van der Waals surface area contributed by atoms with E-state index >= 15 is 0 Å². The van der Waals surface area contributed by atoms with Crippen molar-refractivity contribution in [3.8, 4) is 0 Å². The van der Waals surface area contributed by atoms with Crippen molar-refractivity contribution in [3.63, 3.8) is 0 Å². The summed E-state index contributed by atoms with van der Waals surface area (Å²) in [7, 11) is -1.44. The molecule has 7 heteroatoms. The molecule has 0 amide bonds. The van der Waals surface area contributed by atoms with E-state index in [1.165, 1.54) is 0 Å². The molecule has 0 radical (unpaired) electrons. The Morgan fingerprint density at radius 2 is 1.73 bits per heavy atom. The number of hydrogen-bond donors (Lipinski definition) is 1. The SMILES string of the molecule is COP(=O)(OC)C(O)=C(Cl)Cl. The summed E-state index contributed by atoms with van der Waals surface area (Å²) in [5.74, 6) is 0.